The van der Waals surface area contributed by atoms with Gasteiger partial charge in [-0.1, -0.05) is 38.1 Å². The van der Waals surface area contributed by atoms with E-state index in [-0.39, 0.29) is 22.8 Å². The number of nitrogens with one attached hydrogen (secondary N) is 2. The lowest BCUT2D eigenvalue weighted by Crippen LogP contribution is -2.13. The van der Waals surface area contributed by atoms with Crippen molar-refractivity contribution in [2.75, 3.05) is 10.6 Å². The molecule has 0 radical (unpaired) electrons. The second-order valence-corrected chi connectivity index (χ2v) is 7.66. The minimum absolute atomic E-state index is 0.190. The Morgan fingerprint density at radius 1 is 1.31 bits per heavy atom. The Morgan fingerprint density at radius 3 is 2.81 bits per heavy atom. The van der Waals surface area contributed by atoms with Crippen LogP contribution in [0.1, 0.15) is 42.6 Å². The maximum atomic E-state index is 13.2. The molecule has 136 valence electrons. The smallest absolute Gasteiger partial charge is 0.276 e. The first kappa shape index (κ1) is 18.1. The van der Waals surface area contributed by atoms with Crippen LogP contribution >= 0.6 is 11.3 Å². The molecule has 6 nitrogen and oxygen atoms in total. The molecule has 0 bridgehead atoms. The number of hydrogen-bond acceptors (Lipinski definition) is 6. The van der Waals surface area contributed by atoms with Gasteiger partial charge in [0.2, 0.25) is 0 Å². The summed E-state index contributed by atoms with van der Waals surface area (Å²) >= 11 is 1.30. The summed E-state index contributed by atoms with van der Waals surface area (Å²) < 4.78 is 18.4. The van der Waals surface area contributed by atoms with Gasteiger partial charge in [-0.05, 0) is 17.7 Å². The number of thiazole rings is 1. The number of anilines is 2. The Labute approximate surface area is 154 Å². The van der Waals surface area contributed by atoms with Crippen molar-refractivity contribution in [3.8, 4) is 0 Å². The van der Waals surface area contributed by atoms with Gasteiger partial charge < -0.3 is 15.2 Å². The molecule has 0 unspecified atom stereocenters. The SMILES string of the molecule is CC(C)(C)c1cc(NC(=O)c2csc(NCc3cccc(F)c3)n2)no1. The molecular formula is C18H19FN4O2S. The summed E-state index contributed by atoms with van der Waals surface area (Å²) in [5.41, 5.74) is 0.880. The van der Waals surface area contributed by atoms with Crippen molar-refractivity contribution in [2.45, 2.75) is 32.7 Å². The lowest BCUT2D eigenvalue weighted by atomic mass is 9.93. The van der Waals surface area contributed by atoms with E-state index in [1.165, 1.54) is 23.5 Å². The fourth-order valence-electron chi connectivity index (χ4n) is 2.15. The summed E-state index contributed by atoms with van der Waals surface area (Å²) in [5.74, 6) is 0.380. The largest absolute Gasteiger partial charge is 0.359 e. The Balaban J connectivity index is 1.60. The highest BCUT2D eigenvalue weighted by atomic mass is 32.1. The van der Waals surface area contributed by atoms with Gasteiger partial charge in [0.05, 0.1) is 0 Å². The van der Waals surface area contributed by atoms with E-state index < -0.39 is 0 Å². The molecule has 3 aromatic rings. The molecular weight excluding hydrogens is 355 g/mol. The Hall–Kier alpha value is -2.74. The van der Waals surface area contributed by atoms with Gasteiger partial charge in [0.1, 0.15) is 17.3 Å². The summed E-state index contributed by atoms with van der Waals surface area (Å²) in [6, 6.07) is 8.01. The Morgan fingerprint density at radius 2 is 2.12 bits per heavy atom. The summed E-state index contributed by atoms with van der Waals surface area (Å²) in [6.07, 6.45) is 0. The number of amides is 1. The van der Waals surface area contributed by atoms with Crippen LogP contribution in [0.15, 0.2) is 40.2 Å². The normalized spacial score (nSPS) is 11.4. The van der Waals surface area contributed by atoms with E-state index in [0.717, 1.165) is 5.56 Å². The van der Waals surface area contributed by atoms with E-state index in [1.807, 2.05) is 26.8 Å². The first-order chi connectivity index (χ1) is 12.3. The Kier molecular flexibility index (Phi) is 5.03. The standard InChI is InChI=1S/C18H19FN4O2S/c1-18(2,3)14-8-15(23-25-14)22-16(24)13-10-26-17(21-13)20-9-11-5-4-6-12(19)7-11/h4-8,10H,9H2,1-3H3,(H,20,21)(H,22,23,24). The third-order valence-corrected chi connectivity index (χ3v) is 4.36. The lowest BCUT2D eigenvalue weighted by molar-refractivity contribution is 0.102. The van der Waals surface area contributed by atoms with Crippen molar-refractivity contribution < 1.29 is 13.7 Å². The molecule has 2 N–H and O–H groups in total. The lowest BCUT2D eigenvalue weighted by Gasteiger charge is -2.11. The van der Waals surface area contributed by atoms with Crippen LogP contribution in [-0.4, -0.2) is 16.0 Å². The average molecular weight is 374 g/mol. The molecule has 0 atom stereocenters. The predicted molar refractivity (Wildman–Crippen MR) is 99.0 cm³/mol. The van der Waals surface area contributed by atoms with Crippen molar-refractivity contribution in [1.29, 1.82) is 0 Å². The van der Waals surface area contributed by atoms with Crippen molar-refractivity contribution in [2.24, 2.45) is 0 Å². The molecule has 0 saturated carbocycles. The van der Waals surface area contributed by atoms with Crippen molar-refractivity contribution in [1.82, 2.24) is 10.1 Å². The van der Waals surface area contributed by atoms with Crippen LogP contribution in [0.5, 0.6) is 0 Å². The minimum Gasteiger partial charge on any atom is -0.359 e. The number of hydrogen-bond donors (Lipinski definition) is 2. The fraction of sp³-hybridized carbons (Fsp3) is 0.278. The number of rotatable bonds is 5. The number of benzene rings is 1. The molecule has 26 heavy (non-hydrogen) atoms. The second kappa shape index (κ2) is 7.25. The molecule has 0 spiro atoms. The zero-order valence-corrected chi connectivity index (χ0v) is 15.5. The fourth-order valence-corrected chi connectivity index (χ4v) is 2.84. The van der Waals surface area contributed by atoms with E-state index in [9.17, 15) is 9.18 Å². The highest BCUT2D eigenvalue weighted by molar-refractivity contribution is 7.13. The molecule has 8 heteroatoms. The first-order valence-corrected chi connectivity index (χ1v) is 8.91. The van der Waals surface area contributed by atoms with Gasteiger partial charge in [0, 0.05) is 23.4 Å². The van der Waals surface area contributed by atoms with E-state index in [0.29, 0.717) is 23.3 Å². The average Bonchev–Trinajstić information content (AvgIpc) is 3.22. The Bertz CT molecular complexity index is 914. The van der Waals surface area contributed by atoms with E-state index in [2.05, 4.69) is 20.8 Å². The third-order valence-electron chi connectivity index (χ3n) is 3.56. The number of carbonyl (C=O) groups excluding carboxylic acids is 1. The van der Waals surface area contributed by atoms with Crippen molar-refractivity contribution in [3.05, 3.63) is 58.5 Å². The third kappa shape index (κ3) is 4.45. The molecule has 3 rings (SSSR count). The number of carbonyl (C=O) groups is 1. The number of aromatic nitrogens is 2. The zero-order valence-electron chi connectivity index (χ0n) is 14.7. The minimum atomic E-state index is -0.367. The molecule has 1 aromatic carbocycles. The number of nitrogens with zero attached hydrogens (tertiary/aromatic N) is 2. The van der Waals surface area contributed by atoms with Crippen LogP contribution in [0.3, 0.4) is 0 Å². The molecule has 0 saturated heterocycles. The first-order valence-electron chi connectivity index (χ1n) is 8.03. The summed E-state index contributed by atoms with van der Waals surface area (Å²) in [7, 11) is 0. The van der Waals surface area contributed by atoms with Crippen LogP contribution in [0.4, 0.5) is 15.3 Å². The van der Waals surface area contributed by atoms with E-state index >= 15 is 0 Å². The zero-order chi connectivity index (χ0) is 18.7. The van der Waals surface area contributed by atoms with Gasteiger partial charge in [0.15, 0.2) is 10.9 Å². The summed E-state index contributed by atoms with van der Waals surface area (Å²) in [5, 5.41) is 11.8. The second-order valence-electron chi connectivity index (χ2n) is 6.80. The maximum Gasteiger partial charge on any atom is 0.276 e. The van der Waals surface area contributed by atoms with Crippen LogP contribution in [-0.2, 0) is 12.0 Å². The van der Waals surface area contributed by atoms with Crippen molar-refractivity contribution >= 4 is 28.2 Å². The summed E-state index contributed by atoms with van der Waals surface area (Å²) in [6.45, 7) is 6.41. The topological polar surface area (TPSA) is 80.0 Å². The highest BCUT2D eigenvalue weighted by Gasteiger charge is 2.21. The van der Waals surface area contributed by atoms with Gasteiger partial charge >= 0.3 is 0 Å². The van der Waals surface area contributed by atoms with Crippen LogP contribution < -0.4 is 10.6 Å². The highest BCUT2D eigenvalue weighted by Crippen LogP contribution is 2.25. The van der Waals surface area contributed by atoms with E-state index in [1.54, 1.807) is 17.5 Å². The van der Waals surface area contributed by atoms with Gasteiger partial charge in [-0.3, -0.25) is 4.79 Å². The maximum absolute atomic E-state index is 13.2. The molecule has 1 amide bonds. The van der Waals surface area contributed by atoms with Gasteiger partial charge in [-0.25, -0.2) is 9.37 Å². The molecule has 0 aliphatic rings. The predicted octanol–water partition coefficient (Wildman–Crippen LogP) is 4.43. The van der Waals surface area contributed by atoms with Crippen LogP contribution in [0.25, 0.3) is 0 Å². The van der Waals surface area contributed by atoms with Gasteiger partial charge in [-0.2, -0.15) is 0 Å². The monoisotopic (exact) mass is 374 g/mol. The molecule has 0 aliphatic carbocycles. The van der Waals surface area contributed by atoms with E-state index in [4.69, 9.17) is 4.52 Å². The summed E-state index contributed by atoms with van der Waals surface area (Å²) in [4.78, 5) is 16.5. The number of halogens is 1. The van der Waals surface area contributed by atoms with Crippen LogP contribution in [0.2, 0.25) is 0 Å². The van der Waals surface area contributed by atoms with Gasteiger partial charge in [-0.15, -0.1) is 11.3 Å². The van der Waals surface area contributed by atoms with Crippen LogP contribution in [0, 0.1) is 5.82 Å². The molecule has 2 heterocycles. The molecule has 0 fully saturated rings. The molecule has 2 aromatic heterocycles. The van der Waals surface area contributed by atoms with Gasteiger partial charge in [0.25, 0.3) is 5.91 Å². The quantitative estimate of drug-likeness (QED) is 0.690. The van der Waals surface area contributed by atoms with Crippen molar-refractivity contribution in [3.63, 3.8) is 0 Å². The molecule has 0 aliphatic heterocycles.